The van der Waals surface area contributed by atoms with Crippen molar-refractivity contribution in [1.29, 1.82) is 0 Å². The van der Waals surface area contributed by atoms with Crippen molar-refractivity contribution in [3.05, 3.63) is 0 Å². The second-order valence-electron chi connectivity index (χ2n) is 12.0. The summed E-state index contributed by atoms with van der Waals surface area (Å²) >= 11 is 0. The van der Waals surface area contributed by atoms with Gasteiger partial charge in [0.15, 0.2) is 11.8 Å². The Morgan fingerprint density at radius 1 is 0.500 bits per heavy atom. The topological polar surface area (TPSA) is 43.2 Å². The third-order valence-corrected chi connectivity index (χ3v) is 9.91. The molecule has 6 aliphatic rings. The molecule has 4 aliphatic carbocycles. The Morgan fingerprint density at radius 3 is 1.31 bits per heavy atom. The molecule has 2 aliphatic heterocycles. The van der Waals surface area contributed by atoms with Crippen LogP contribution in [0.15, 0.2) is 9.98 Å². The van der Waals surface area contributed by atoms with Crippen molar-refractivity contribution in [3.8, 4) is 0 Å². The molecule has 4 saturated carbocycles. The molecule has 6 rings (SSSR count). The average Bonchev–Trinajstić information content (AvgIpc) is 3.43. The van der Waals surface area contributed by atoms with E-state index in [9.17, 15) is 0 Å². The molecule has 0 aromatic rings. The lowest BCUT2D eigenvalue weighted by Gasteiger charge is -2.37. The normalized spacial score (nSPS) is 44.0. The van der Waals surface area contributed by atoms with E-state index >= 15 is 0 Å². The predicted octanol–water partition coefficient (Wildman–Crippen LogP) is 6.86. The van der Waals surface area contributed by atoms with Gasteiger partial charge in [0.2, 0.25) is 0 Å². The lowest BCUT2D eigenvalue weighted by atomic mass is 9.68. The van der Waals surface area contributed by atoms with Crippen LogP contribution in [0.2, 0.25) is 0 Å². The van der Waals surface area contributed by atoms with Crippen molar-refractivity contribution in [2.24, 2.45) is 33.7 Å². The Bertz CT molecular complexity index is 642. The molecule has 4 nitrogen and oxygen atoms in total. The number of aliphatic imine (C=N–C) groups is 2. The second-order valence-corrected chi connectivity index (χ2v) is 12.0. The summed E-state index contributed by atoms with van der Waals surface area (Å²) < 4.78 is 12.5. The maximum atomic E-state index is 6.24. The van der Waals surface area contributed by atoms with E-state index in [2.05, 4.69) is 0 Å². The number of hydrogen-bond acceptors (Lipinski definition) is 4. The first-order valence-electron chi connectivity index (χ1n) is 14.3. The molecule has 0 saturated heterocycles. The number of hydrogen-bond donors (Lipinski definition) is 0. The maximum Gasteiger partial charge on any atom is 0.184 e. The zero-order valence-corrected chi connectivity index (χ0v) is 20.1. The van der Waals surface area contributed by atoms with Crippen molar-refractivity contribution in [2.45, 2.75) is 140 Å². The van der Waals surface area contributed by atoms with Gasteiger partial charge < -0.3 is 9.47 Å². The average molecular weight is 441 g/mol. The second kappa shape index (κ2) is 9.66. The van der Waals surface area contributed by atoms with Gasteiger partial charge in [0, 0.05) is 12.8 Å². The molecule has 2 heterocycles. The van der Waals surface area contributed by atoms with Crippen LogP contribution in [0.4, 0.5) is 0 Å². The van der Waals surface area contributed by atoms with Gasteiger partial charge >= 0.3 is 0 Å². The highest BCUT2D eigenvalue weighted by Gasteiger charge is 2.37. The molecule has 4 heteroatoms. The van der Waals surface area contributed by atoms with Gasteiger partial charge in [-0.3, -0.25) is 0 Å². The van der Waals surface area contributed by atoms with Gasteiger partial charge in [-0.15, -0.1) is 0 Å². The third kappa shape index (κ3) is 4.75. The summed E-state index contributed by atoms with van der Waals surface area (Å²) in [6.45, 7) is 0. The zero-order chi connectivity index (χ0) is 21.3. The van der Waals surface area contributed by atoms with Crippen molar-refractivity contribution in [2.75, 3.05) is 0 Å². The summed E-state index contributed by atoms with van der Waals surface area (Å²) in [4.78, 5) is 9.92. The SMILES string of the molecule is C1CCC2OC(CC3CCC(C4CCC(CC5=NC6CCCCC6O5)CC4)CC3)=NC2C1. The smallest absolute Gasteiger partial charge is 0.184 e. The summed E-state index contributed by atoms with van der Waals surface area (Å²) in [5.41, 5.74) is 0. The molecule has 0 aromatic heterocycles. The fraction of sp³-hybridized carbons (Fsp3) is 0.929. The largest absolute Gasteiger partial charge is 0.475 e. The van der Waals surface area contributed by atoms with E-state index < -0.39 is 0 Å². The molecule has 0 spiro atoms. The summed E-state index contributed by atoms with van der Waals surface area (Å²) in [7, 11) is 0. The first-order valence-corrected chi connectivity index (χ1v) is 14.3. The van der Waals surface area contributed by atoms with E-state index in [0.717, 1.165) is 48.3 Å². The van der Waals surface area contributed by atoms with E-state index in [1.54, 1.807) is 0 Å². The molecule has 32 heavy (non-hydrogen) atoms. The first-order chi connectivity index (χ1) is 15.8. The van der Waals surface area contributed by atoms with Crippen LogP contribution in [-0.4, -0.2) is 36.1 Å². The van der Waals surface area contributed by atoms with Crippen LogP contribution in [0.1, 0.15) is 116 Å². The Kier molecular flexibility index (Phi) is 6.48. The molecular formula is C28H44N2O2. The van der Waals surface area contributed by atoms with Crippen molar-refractivity contribution < 1.29 is 9.47 Å². The molecule has 4 atom stereocenters. The number of ether oxygens (including phenoxy) is 2. The summed E-state index contributed by atoms with van der Waals surface area (Å²) in [6.07, 6.45) is 24.8. The van der Waals surface area contributed by atoms with Crippen molar-refractivity contribution in [1.82, 2.24) is 0 Å². The molecule has 0 amide bonds. The Hall–Kier alpha value is -1.06. The van der Waals surface area contributed by atoms with Gasteiger partial charge in [-0.1, -0.05) is 12.8 Å². The molecular weight excluding hydrogens is 396 g/mol. The van der Waals surface area contributed by atoms with Crippen LogP contribution in [0, 0.1) is 23.7 Å². The summed E-state index contributed by atoms with van der Waals surface area (Å²) in [5.74, 6) is 5.82. The van der Waals surface area contributed by atoms with Crippen LogP contribution >= 0.6 is 0 Å². The standard InChI is InChI=1S/C28H44N2O2/c1-3-7-25-23(5-1)29-27(31-25)17-19-9-13-21(14-10-19)22-15-11-20(12-16-22)18-28-30-24-6-2-4-8-26(24)32-28/h19-26H,1-18H2. The van der Waals surface area contributed by atoms with Gasteiger partial charge in [0.1, 0.15) is 12.2 Å². The minimum absolute atomic E-state index is 0.426. The zero-order valence-electron chi connectivity index (χ0n) is 20.1. The highest BCUT2D eigenvalue weighted by Crippen LogP contribution is 2.43. The minimum Gasteiger partial charge on any atom is -0.475 e. The summed E-state index contributed by atoms with van der Waals surface area (Å²) in [5, 5.41) is 0. The van der Waals surface area contributed by atoms with Gasteiger partial charge in [-0.25, -0.2) is 9.98 Å². The lowest BCUT2D eigenvalue weighted by molar-refractivity contribution is 0.129. The molecule has 4 unspecified atom stereocenters. The minimum atomic E-state index is 0.426. The molecule has 0 aromatic carbocycles. The first kappa shape index (κ1) is 21.5. The predicted molar refractivity (Wildman–Crippen MR) is 129 cm³/mol. The van der Waals surface area contributed by atoms with E-state index in [1.807, 2.05) is 0 Å². The monoisotopic (exact) mass is 440 g/mol. The molecule has 0 bridgehead atoms. The van der Waals surface area contributed by atoms with Gasteiger partial charge in [0.25, 0.3) is 0 Å². The van der Waals surface area contributed by atoms with Gasteiger partial charge in [0.05, 0.1) is 12.1 Å². The molecule has 0 radical (unpaired) electrons. The Labute approximate surface area is 195 Å². The fourth-order valence-corrected chi connectivity index (χ4v) is 7.93. The maximum absolute atomic E-state index is 6.24. The lowest BCUT2D eigenvalue weighted by Crippen LogP contribution is -2.28. The van der Waals surface area contributed by atoms with E-state index in [0.29, 0.717) is 24.3 Å². The highest BCUT2D eigenvalue weighted by molar-refractivity contribution is 5.78. The third-order valence-electron chi connectivity index (χ3n) is 9.91. The van der Waals surface area contributed by atoms with E-state index in [1.165, 1.54) is 103 Å². The van der Waals surface area contributed by atoms with Crippen LogP contribution in [0.5, 0.6) is 0 Å². The molecule has 4 fully saturated rings. The number of fused-ring (bicyclic) bond motifs is 2. The van der Waals surface area contributed by atoms with Crippen LogP contribution in [0.25, 0.3) is 0 Å². The number of nitrogens with zero attached hydrogens (tertiary/aromatic N) is 2. The quantitative estimate of drug-likeness (QED) is 0.469. The fourth-order valence-electron chi connectivity index (χ4n) is 7.93. The molecule has 178 valence electrons. The highest BCUT2D eigenvalue weighted by atomic mass is 16.5. The van der Waals surface area contributed by atoms with Crippen molar-refractivity contribution in [3.63, 3.8) is 0 Å². The van der Waals surface area contributed by atoms with Crippen LogP contribution in [0.3, 0.4) is 0 Å². The molecule has 0 N–H and O–H groups in total. The van der Waals surface area contributed by atoms with Gasteiger partial charge in [-0.2, -0.15) is 0 Å². The van der Waals surface area contributed by atoms with Gasteiger partial charge in [-0.05, 0) is 114 Å². The van der Waals surface area contributed by atoms with Crippen LogP contribution in [-0.2, 0) is 9.47 Å². The Morgan fingerprint density at radius 2 is 0.906 bits per heavy atom. The Balaban J connectivity index is 0.915. The summed E-state index contributed by atoms with van der Waals surface area (Å²) in [6, 6.07) is 0.991. The van der Waals surface area contributed by atoms with E-state index in [4.69, 9.17) is 19.5 Å². The van der Waals surface area contributed by atoms with Crippen molar-refractivity contribution >= 4 is 11.8 Å². The van der Waals surface area contributed by atoms with Crippen LogP contribution < -0.4 is 0 Å². The van der Waals surface area contributed by atoms with E-state index in [-0.39, 0.29) is 0 Å². The number of rotatable bonds is 5.